The average Bonchev–Trinajstić information content (AvgIpc) is 2.36. The van der Waals surface area contributed by atoms with Crippen molar-refractivity contribution in [3.8, 4) is 0 Å². The molecule has 0 fully saturated rings. The number of ketones is 1. The Bertz CT molecular complexity index is 479. The minimum atomic E-state index is -0.866. The van der Waals surface area contributed by atoms with Crippen LogP contribution in [-0.4, -0.2) is 30.3 Å². The molecular weight excluding hydrogens is 248 g/mol. The van der Waals surface area contributed by atoms with Crippen LogP contribution in [0.2, 0.25) is 0 Å². The minimum Gasteiger partial charge on any atom is -0.297 e. The van der Waals surface area contributed by atoms with Gasteiger partial charge in [0, 0.05) is 0 Å². The second-order valence-corrected chi connectivity index (χ2v) is 5.02. The van der Waals surface area contributed by atoms with Gasteiger partial charge in [0.1, 0.15) is 11.6 Å². The summed E-state index contributed by atoms with van der Waals surface area (Å²) < 4.78 is 28.0. The summed E-state index contributed by atoms with van der Waals surface area (Å²) in [5, 5.41) is 0. The first-order valence-corrected chi connectivity index (χ1v) is 6.48. The van der Waals surface area contributed by atoms with Gasteiger partial charge in [0.15, 0.2) is 5.78 Å². The van der Waals surface area contributed by atoms with E-state index >= 15 is 0 Å². The standard InChI is InChI=1S/C15H21F2NO/c1-6-15(7-2,18(4)5)14(19)12-11(16)9-8-10(3)13(12)17/h8-9H,6-7H2,1-5H3. The quantitative estimate of drug-likeness (QED) is 0.762. The molecule has 0 heterocycles. The van der Waals surface area contributed by atoms with Gasteiger partial charge in [-0.25, -0.2) is 8.78 Å². The first kappa shape index (κ1) is 15.8. The number of benzene rings is 1. The number of halogens is 2. The summed E-state index contributed by atoms with van der Waals surface area (Å²) in [6.45, 7) is 5.24. The third-order valence-corrected chi connectivity index (χ3v) is 3.96. The minimum absolute atomic E-state index is 0.282. The number of aryl methyl sites for hydroxylation is 1. The van der Waals surface area contributed by atoms with Gasteiger partial charge in [-0.3, -0.25) is 9.69 Å². The van der Waals surface area contributed by atoms with E-state index in [1.807, 2.05) is 13.8 Å². The fourth-order valence-corrected chi connectivity index (χ4v) is 2.50. The van der Waals surface area contributed by atoms with Gasteiger partial charge in [0.05, 0.1) is 11.1 Å². The maximum atomic E-state index is 14.1. The van der Waals surface area contributed by atoms with Gasteiger partial charge in [-0.05, 0) is 45.5 Å². The first-order chi connectivity index (χ1) is 8.81. The molecule has 19 heavy (non-hydrogen) atoms. The maximum absolute atomic E-state index is 14.1. The summed E-state index contributed by atoms with van der Waals surface area (Å²) in [6, 6.07) is 2.49. The molecule has 0 N–H and O–H groups in total. The van der Waals surface area contributed by atoms with Crippen LogP contribution in [0.4, 0.5) is 8.78 Å². The van der Waals surface area contributed by atoms with Crippen molar-refractivity contribution < 1.29 is 13.6 Å². The number of nitrogens with zero attached hydrogens (tertiary/aromatic N) is 1. The topological polar surface area (TPSA) is 20.3 Å². The van der Waals surface area contributed by atoms with Gasteiger partial charge in [-0.2, -0.15) is 0 Å². The SMILES string of the molecule is CCC(CC)(C(=O)c1c(F)ccc(C)c1F)N(C)C. The highest BCUT2D eigenvalue weighted by molar-refractivity contribution is 6.03. The highest BCUT2D eigenvalue weighted by Crippen LogP contribution is 2.29. The van der Waals surface area contributed by atoms with Gasteiger partial charge in [0.25, 0.3) is 0 Å². The van der Waals surface area contributed by atoms with E-state index < -0.39 is 28.5 Å². The van der Waals surface area contributed by atoms with E-state index in [0.29, 0.717) is 12.8 Å². The number of hydrogen-bond donors (Lipinski definition) is 0. The van der Waals surface area contributed by atoms with E-state index in [1.165, 1.54) is 13.0 Å². The van der Waals surface area contributed by atoms with Crippen LogP contribution >= 0.6 is 0 Å². The van der Waals surface area contributed by atoms with E-state index in [9.17, 15) is 13.6 Å². The van der Waals surface area contributed by atoms with E-state index in [1.54, 1.807) is 19.0 Å². The Labute approximate surface area is 113 Å². The van der Waals surface area contributed by atoms with Crippen LogP contribution in [0.5, 0.6) is 0 Å². The van der Waals surface area contributed by atoms with Crippen LogP contribution in [0.15, 0.2) is 12.1 Å². The number of carbonyl (C=O) groups is 1. The smallest absolute Gasteiger partial charge is 0.188 e. The maximum Gasteiger partial charge on any atom is 0.188 e. The number of hydrogen-bond acceptors (Lipinski definition) is 2. The summed E-state index contributed by atoms with van der Waals surface area (Å²) in [5.74, 6) is -2.03. The zero-order valence-electron chi connectivity index (χ0n) is 12.2. The fraction of sp³-hybridized carbons (Fsp3) is 0.533. The lowest BCUT2D eigenvalue weighted by Gasteiger charge is -2.37. The molecule has 0 aliphatic carbocycles. The summed E-state index contributed by atoms with van der Waals surface area (Å²) in [7, 11) is 3.52. The van der Waals surface area contributed by atoms with Crippen molar-refractivity contribution in [3.63, 3.8) is 0 Å². The van der Waals surface area contributed by atoms with Crippen LogP contribution in [0, 0.1) is 18.6 Å². The molecule has 0 aromatic heterocycles. The molecule has 1 rings (SSSR count). The van der Waals surface area contributed by atoms with Crippen LogP contribution in [0.3, 0.4) is 0 Å². The van der Waals surface area contributed by atoms with Crippen molar-refractivity contribution in [1.29, 1.82) is 0 Å². The Morgan fingerprint density at radius 1 is 1.21 bits per heavy atom. The Morgan fingerprint density at radius 2 is 1.74 bits per heavy atom. The Hall–Kier alpha value is -1.29. The summed E-state index contributed by atoms with van der Waals surface area (Å²) in [6.07, 6.45) is 1.00. The summed E-state index contributed by atoms with van der Waals surface area (Å²) in [4.78, 5) is 14.4. The van der Waals surface area contributed by atoms with Gasteiger partial charge in [-0.1, -0.05) is 19.9 Å². The predicted molar refractivity (Wildman–Crippen MR) is 72.4 cm³/mol. The molecule has 0 saturated heterocycles. The van der Waals surface area contributed by atoms with Crippen molar-refractivity contribution in [1.82, 2.24) is 4.90 Å². The molecule has 0 aliphatic heterocycles. The molecule has 0 amide bonds. The molecule has 0 atom stereocenters. The zero-order chi connectivity index (χ0) is 14.8. The molecular formula is C15H21F2NO. The van der Waals surface area contributed by atoms with Crippen LogP contribution in [0.25, 0.3) is 0 Å². The van der Waals surface area contributed by atoms with Gasteiger partial charge >= 0.3 is 0 Å². The molecule has 1 aromatic carbocycles. The van der Waals surface area contributed by atoms with E-state index in [0.717, 1.165) is 6.07 Å². The second-order valence-electron chi connectivity index (χ2n) is 5.02. The monoisotopic (exact) mass is 269 g/mol. The molecule has 2 nitrogen and oxygen atoms in total. The number of carbonyl (C=O) groups excluding carboxylic acids is 1. The van der Waals surface area contributed by atoms with E-state index in [2.05, 4.69) is 0 Å². The lowest BCUT2D eigenvalue weighted by molar-refractivity contribution is 0.0646. The molecule has 1 aromatic rings. The Morgan fingerprint density at radius 3 is 2.16 bits per heavy atom. The number of rotatable bonds is 5. The van der Waals surface area contributed by atoms with Crippen molar-refractivity contribution in [3.05, 3.63) is 34.9 Å². The zero-order valence-corrected chi connectivity index (χ0v) is 12.2. The van der Waals surface area contributed by atoms with E-state index in [4.69, 9.17) is 0 Å². The molecule has 4 heteroatoms. The second kappa shape index (κ2) is 5.78. The van der Waals surface area contributed by atoms with Crippen molar-refractivity contribution >= 4 is 5.78 Å². The molecule has 0 aliphatic rings. The summed E-state index contributed by atoms with van der Waals surface area (Å²) >= 11 is 0. The predicted octanol–water partition coefficient (Wildman–Crippen LogP) is 3.58. The molecule has 0 unspecified atom stereocenters. The highest BCUT2D eigenvalue weighted by atomic mass is 19.1. The lowest BCUT2D eigenvalue weighted by Crippen LogP contribution is -2.50. The molecule has 106 valence electrons. The van der Waals surface area contributed by atoms with Gasteiger partial charge in [0.2, 0.25) is 0 Å². The normalized spacial score (nSPS) is 12.0. The lowest BCUT2D eigenvalue weighted by atomic mass is 9.82. The van der Waals surface area contributed by atoms with Crippen molar-refractivity contribution in [2.24, 2.45) is 0 Å². The molecule has 0 spiro atoms. The van der Waals surface area contributed by atoms with Gasteiger partial charge in [-0.15, -0.1) is 0 Å². The third kappa shape index (κ3) is 2.54. The Balaban J connectivity index is 3.45. The number of likely N-dealkylation sites (N-methyl/N-ethyl adjacent to an activating group) is 1. The fourth-order valence-electron chi connectivity index (χ4n) is 2.50. The van der Waals surface area contributed by atoms with Crippen molar-refractivity contribution in [2.75, 3.05) is 14.1 Å². The first-order valence-electron chi connectivity index (χ1n) is 6.48. The van der Waals surface area contributed by atoms with Gasteiger partial charge < -0.3 is 0 Å². The Kier molecular flexibility index (Phi) is 4.80. The summed E-state index contributed by atoms with van der Waals surface area (Å²) in [5.41, 5.74) is -1.00. The molecule has 0 saturated carbocycles. The van der Waals surface area contributed by atoms with E-state index in [-0.39, 0.29) is 5.56 Å². The van der Waals surface area contributed by atoms with Crippen LogP contribution in [0.1, 0.15) is 42.6 Å². The average molecular weight is 269 g/mol. The molecule has 0 bridgehead atoms. The van der Waals surface area contributed by atoms with Crippen molar-refractivity contribution in [2.45, 2.75) is 39.2 Å². The van der Waals surface area contributed by atoms with Crippen LogP contribution in [-0.2, 0) is 0 Å². The number of Topliss-reactive ketones (excluding diaryl/α,β-unsaturated/α-hetero) is 1. The van der Waals surface area contributed by atoms with Crippen LogP contribution < -0.4 is 0 Å². The molecule has 0 radical (unpaired) electrons. The third-order valence-electron chi connectivity index (χ3n) is 3.96. The highest BCUT2D eigenvalue weighted by Gasteiger charge is 2.40. The largest absolute Gasteiger partial charge is 0.297 e.